The first-order valence-electron chi connectivity index (χ1n) is 7.49. The van der Waals surface area contributed by atoms with E-state index < -0.39 is 0 Å². The molecule has 3 rings (SSSR count). The first-order chi connectivity index (χ1) is 10.2. The number of rotatable bonds is 3. The second-order valence-electron chi connectivity index (χ2n) is 6.11. The van der Waals surface area contributed by atoms with Crippen molar-refractivity contribution in [2.45, 2.75) is 31.6 Å². The second kappa shape index (κ2) is 5.72. The van der Waals surface area contributed by atoms with Gasteiger partial charge in [-0.2, -0.15) is 5.10 Å². The number of nitrogens with one attached hydrogen (secondary N) is 1. The van der Waals surface area contributed by atoms with Crippen LogP contribution in [0.15, 0.2) is 42.6 Å². The molecule has 1 atom stereocenters. The zero-order chi connectivity index (χ0) is 14.7. The molecule has 1 aliphatic heterocycles. The predicted molar refractivity (Wildman–Crippen MR) is 81.9 cm³/mol. The Morgan fingerprint density at radius 3 is 2.86 bits per heavy atom. The van der Waals surface area contributed by atoms with Crippen molar-refractivity contribution in [3.05, 3.63) is 53.9 Å². The Morgan fingerprint density at radius 2 is 2.14 bits per heavy atom. The van der Waals surface area contributed by atoms with Crippen LogP contribution in [0.1, 0.15) is 31.0 Å². The van der Waals surface area contributed by atoms with Gasteiger partial charge in [-0.1, -0.05) is 37.3 Å². The number of carbonyl (C=O) groups excluding carboxylic acids is 1. The molecular weight excluding hydrogens is 262 g/mol. The zero-order valence-electron chi connectivity index (χ0n) is 12.4. The van der Waals surface area contributed by atoms with E-state index in [9.17, 15) is 4.79 Å². The largest absolute Gasteiger partial charge is 0.341 e. The number of hydrogen-bond donors (Lipinski definition) is 1. The lowest BCUT2D eigenvalue weighted by molar-refractivity contribution is -0.132. The third-order valence-corrected chi connectivity index (χ3v) is 4.40. The van der Waals surface area contributed by atoms with E-state index in [1.54, 1.807) is 6.20 Å². The highest BCUT2D eigenvalue weighted by Gasteiger charge is 2.35. The van der Waals surface area contributed by atoms with Crippen LogP contribution >= 0.6 is 0 Å². The molecule has 0 spiro atoms. The van der Waals surface area contributed by atoms with Crippen LogP contribution in [0.3, 0.4) is 0 Å². The third-order valence-electron chi connectivity index (χ3n) is 4.40. The summed E-state index contributed by atoms with van der Waals surface area (Å²) in [7, 11) is 0. The minimum Gasteiger partial charge on any atom is -0.341 e. The molecule has 0 radical (unpaired) electrons. The van der Waals surface area contributed by atoms with Crippen molar-refractivity contribution in [1.29, 1.82) is 0 Å². The van der Waals surface area contributed by atoms with Crippen LogP contribution in [-0.2, 0) is 16.6 Å². The number of amides is 1. The van der Waals surface area contributed by atoms with E-state index in [4.69, 9.17) is 0 Å². The Bertz CT molecular complexity index is 594. The highest BCUT2D eigenvalue weighted by molar-refractivity contribution is 5.79. The van der Waals surface area contributed by atoms with Crippen molar-refractivity contribution in [1.82, 2.24) is 15.1 Å². The molecule has 4 heteroatoms. The maximum absolute atomic E-state index is 12.5. The molecule has 1 N–H and O–H groups in total. The minimum atomic E-state index is -0.0128. The molecule has 1 saturated heterocycles. The number of carbonyl (C=O) groups is 1. The third kappa shape index (κ3) is 2.99. The quantitative estimate of drug-likeness (QED) is 0.941. The highest BCUT2D eigenvalue weighted by Crippen LogP contribution is 2.32. The van der Waals surface area contributed by atoms with E-state index in [2.05, 4.69) is 17.1 Å². The summed E-state index contributed by atoms with van der Waals surface area (Å²) in [5, 5.41) is 7.12. The van der Waals surface area contributed by atoms with Crippen molar-refractivity contribution in [2.75, 3.05) is 13.1 Å². The van der Waals surface area contributed by atoms with E-state index in [0.717, 1.165) is 37.2 Å². The molecule has 1 fully saturated rings. The number of likely N-dealkylation sites (tertiary alicyclic amines) is 1. The lowest BCUT2D eigenvalue weighted by Crippen LogP contribution is -2.47. The van der Waals surface area contributed by atoms with Crippen LogP contribution in [-0.4, -0.2) is 34.1 Å². The summed E-state index contributed by atoms with van der Waals surface area (Å²) in [4.78, 5) is 14.5. The van der Waals surface area contributed by atoms with Crippen LogP contribution in [0, 0.1) is 0 Å². The summed E-state index contributed by atoms with van der Waals surface area (Å²) >= 11 is 0. The average Bonchev–Trinajstić information content (AvgIpc) is 3.03. The van der Waals surface area contributed by atoms with Crippen molar-refractivity contribution >= 4 is 5.91 Å². The molecule has 1 aliphatic rings. The van der Waals surface area contributed by atoms with Crippen molar-refractivity contribution in [3.63, 3.8) is 0 Å². The molecule has 1 amide bonds. The molecule has 0 saturated carbocycles. The molecule has 0 bridgehead atoms. The molecule has 0 aliphatic carbocycles. The van der Waals surface area contributed by atoms with Crippen LogP contribution in [0.2, 0.25) is 0 Å². The summed E-state index contributed by atoms with van der Waals surface area (Å²) in [6.45, 7) is 3.83. The van der Waals surface area contributed by atoms with Gasteiger partial charge < -0.3 is 4.90 Å². The van der Waals surface area contributed by atoms with Gasteiger partial charge in [0.1, 0.15) is 0 Å². The molecular formula is C17H21N3O. The first kappa shape index (κ1) is 13.9. The van der Waals surface area contributed by atoms with Crippen molar-refractivity contribution < 1.29 is 4.79 Å². The number of hydrogen-bond acceptors (Lipinski definition) is 2. The molecule has 110 valence electrons. The average molecular weight is 283 g/mol. The maximum atomic E-state index is 12.5. The molecule has 1 aromatic heterocycles. The van der Waals surface area contributed by atoms with E-state index in [1.165, 1.54) is 0 Å². The summed E-state index contributed by atoms with van der Waals surface area (Å²) in [5.74, 6) is 0.214. The lowest BCUT2D eigenvalue weighted by atomic mass is 9.79. The van der Waals surface area contributed by atoms with Gasteiger partial charge in [-0.15, -0.1) is 0 Å². The fourth-order valence-corrected chi connectivity index (χ4v) is 3.15. The van der Waals surface area contributed by atoms with E-state index in [0.29, 0.717) is 6.42 Å². The number of H-pyrrole nitrogens is 1. The van der Waals surface area contributed by atoms with Crippen molar-refractivity contribution in [3.8, 4) is 0 Å². The number of nitrogens with zero attached hydrogens (tertiary/aromatic N) is 2. The number of benzene rings is 1. The first-order valence-corrected chi connectivity index (χ1v) is 7.49. The van der Waals surface area contributed by atoms with Crippen LogP contribution in [0.5, 0.6) is 0 Å². The Morgan fingerprint density at radius 1 is 1.33 bits per heavy atom. The minimum absolute atomic E-state index is 0.0128. The number of piperidine rings is 1. The van der Waals surface area contributed by atoms with Gasteiger partial charge in [0.2, 0.25) is 5.91 Å². The summed E-state index contributed by atoms with van der Waals surface area (Å²) in [6.07, 6.45) is 4.39. The zero-order valence-corrected chi connectivity index (χ0v) is 12.4. The van der Waals surface area contributed by atoms with Gasteiger partial charge in [-0.25, -0.2) is 0 Å². The van der Waals surface area contributed by atoms with Gasteiger partial charge in [-0.3, -0.25) is 9.89 Å². The lowest BCUT2D eigenvalue weighted by Gasteiger charge is -2.40. The number of aromatic nitrogens is 2. The van der Waals surface area contributed by atoms with Crippen molar-refractivity contribution in [2.24, 2.45) is 0 Å². The summed E-state index contributed by atoms with van der Waals surface area (Å²) in [6, 6.07) is 12.0. The molecule has 21 heavy (non-hydrogen) atoms. The monoisotopic (exact) mass is 283 g/mol. The topological polar surface area (TPSA) is 49.0 Å². The Hall–Kier alpha value is -2.10. The van der Waals surface area contributed by atoms with Gasteiger partial charge in [0.15, 0.2) is 0 Å². The molecule has 1 aromatic carbocycles. The summed E-state index contributed by atoms with van der Waals surface area (Å²) < 4.78 is 0. The predicted octanol–water partition coefficient (Wildman–Crippen LogP) is 2.53. The van der Waals surface area contributed by atoms with Crippen LogP contribution in [0.25, 0.3) is 0 Å². The van der Waals surface area contributed by atoms with Gasteiger partial charge in [0.25, 0.3) is 0 Å². The van der Waals surface area contributed by atoms with Gasteiger partial charge >= 0.3 is 0 Å². The number of aromatic amines is 1. The summed E-state index contributed by atoms with van der Waals surface area (Å²) in [5.41, 5.74) is 2.19. The van der Waals surface area contributed by atoms with Crippen LogP contribution in [0.4, 0.5) is 0 Å². The molecule has 2 aromatic rings. The standard InChI is InChI=1S/C17H21N3O/c1-17(15-8-10-18-19-15)9-5-11-20(13-17)16(21)12-14-6-3-2-4-7-14/h2-4,6-8,10H,5,9,11-13H2,1H3,(H,18,19)/t17-/m0/s1. The highest BCUT2D eigenvalue weighted by atomic mass is 16.2. The molecule has 2 heterocycles. The SMILES string of the molecule is C[C@]1(c2ccn[nH]2)CCCN(C(=O)Cc2ccccc2)C1. The van der Waals surface area contributed by atoms with E-state index in [-0.39, 0.29) is 11.3 Å². The smallest absolute Gasteiger partial charge is 0.227 e. The maximum Gasteiger partial charge on any atom is 0.227 e. The van der Waals surface area contributed by atoms with E-state index >= 15 is 0 Å². The fraction of sp³-hybridized carbons (Fsp3) is 0.412. The van der Waals surface area contributed by atoms with Crippen LogP contribution < -0.4 is 0 Å². The Kier molecular flexibility index (Phi) is 3.78. The van der Waals surface area contributed by atoms with Gasteiger partial charge in [-0.05, 0) is 24.5 Å². The fourth-order valence-electron chi connectivity index (χ4n) is 3.15. The molecule has 0 unspecified atom stereocenters. The Balaban J connectivity index is 1.70. The van der Waals surface area contributed by atoms with E-state index in [1.807, 2.05) is 41.3 Å². The van der Waals surface area contributed by atoms with Gasteiger partial charge in [0.05, 0.1) is 6.42 Å². The molecule has 4 nitrogen and oxygen atoms in total. The normalized spacial score (nSPS) is 22.2. The second-order valence-corrected chi connectivity index (χ2v) is 6.11. The van der Waals surface area contributed by atoms with Gasteiger partial charge in [0, 0.05) is 30.4 Å². The Labute approximate surface area is 125 Å².